The zero-order valence-corrected chi connectivity index (χ0v) is 11.2. The van der Waals surface area contributed by atoms with Crippen LogP contribution in [0.5, 0.6) is 0 Å². The van der Waals surface area contributed by atoms with Gasteiger partial charge in [-0.25, -0.2) is 9.78 Å². The van der Waals surface area contributed by atoms with Gasteiger partial charge in [-0.05, 0) is 37.6 Å². The number of aromatic nitrogens is 1. The molecule has 0 bridgehead atoms. The van der Waals surface area contributed by atoms with Crippen LogP contribution in [0.2, 0.25) is 0 Å². The van der Waals surface area contributed by atoms with Crippen molar-refractivity contribution in [1.29, 1.82) is 0 Å². The van der Waals surface area contributed by atoms with Crippen LogP contribution >= 0.6 is 0 Å². The molecule has 2 rings (SSSR count). The Morgan fingerprint density at radius 3 is 2.68 bits per heavy atom. The average Bonchev–Trinajstić information content (AvgIpc) is 2.74. The highest BCUT2D eigenvalue weighted by molar-refractivity contribution is 5.87. The molecule has 1 N–H and O–H groups in total. The Morgan fingerprint density at radius 2 is 2.16 bits per heavy atom. The minimum Gasteiger partial charge on any atom is -0.478 e. The molecule has 5 nitrogen and oxygen atoms in total. The molecule has 100 valence electrons. The fraction of sp³-hybridized carbons (Fsp3) is 0.286. The number of carboxylic acid groups (broad SMARTS) is 1. The third-order valence-corrected chi connectivity index (χ3v) is 2.85. The Bertz CT molecular complexity index is 604. The second kappa shape index (κ2) is 5.14. The lowest BCUT2D eigenvalue weighted by atomic mass is 10.2. The second-order valence-electron chi connectivity index (χ2n) is 4.54. The van der Waals surface area contributed by atoms with E-state index in [9.17, 15) is 4.79 Å². The van der Waals surface area contributed by atoms with E-state index in [0.29, 0.717) is 6.54 Å². The van der Waals surface area contributed by atoms with Crippen molar-refractivity contribution in [3.8, 4) is 0 Å². The summed E-state index contributed by atoms with van der Waals surface area (Å²) in [6.45, 7) is 4.33. The fourth-order valence-electron chi connectivity index (χ4n) is 1.96. The minimum atomic E-state index is -0.966. The number of carboxylic acids is 1. The lowest BCUT2D eigenvalue weighted by molar-refractivity contribution is 0.0696. The van der Waals surface area contributed by atoms with Gasteiger partial charge in [0, 0.05) is 13.2 Å². The van der Waals surface area contributed by atoms with E-state index >= 15 is 0 Å². The molecule has 0 aliphatic heterocycles. The molecule has 2 heterocycles. The van der Waals surface area contributed by atoms with E-state index in [4.69, 9.17) is 9.52 Å². The highest BCUT2D eigenvalue weighted by Crippen LogP contribution is 2.19. The van der Waals surface area contributed by atoms with E-state index in [2.05, 4.69) is 4.98 Å². The molecule has 0 radical (unpaired) electrons. The van der Waals surface area contributed by atoms with Gasteiger partial charge in [-0.1, -0.05) is 0 Å². The van der Waals surface area contributed by atoms with E-state index in [1.54, 1.807) is 6.07 Å². The second-order valence-corrected chi connectivity index (χ2v) is 4.54. The smallest absolute Gasteiger partial charge is 0.337 e. The summed E-state index contributed by atoms with van der Waals surface area (Å²) in [4.78, 5) is 17.0. The summed E-state index contributed by atoms with van der Waals surface area (Å²) < 4.78 is 5.51. The number of aryl methyl sites for hydroxylation is 2. The zero-order valence-electron chi connectivity index (χ0n) is 11.2. The number of carbonyl (C=O) groups is 1. The molecule has 0 aliphatic rings. The number of rotatable bonds is 4. The van der Waals surface area contributed by atoms with Gasteiger partial charge in [-0.15, -0.1) is 0 Å². The Balaban J connectivity index is 2.19. The summed E-state index contributed by atoms with van der Waals surface area (Å²) in [5, 5.41) is 8.91. The third-order valence-electron chi connectivity index (χ3n) is 2.85. The Labute approximate surface area is 111 Å². The molecule has 0 unspecified atom stereocenters. The molecule has 0 spiro atoms. The summed E-state index contributed by atoms with van der Waals surface area (Å²) in [6, 6.07) is 5.46. The molecule has 2 aromatic rings. The predicted octanol–water partition coefficient (Wildman–Crippen LogP) is 2.63. The van der Waals surface area contributed by atoms with Crippen LogP contribution in [0.4, 0.5) is 5.82 Å². The molecule has 0 aliphatic carbocycles. The van der Waals surface area contributed by atoms with Gasteiger partial charge in [0.1, 0.15) is 17.3 Å². The molecule has 0 atom stereocenters. The number of aromatic carboxylic acids is 1. The first-order valence-corrected chi connectivity index (χ1v) is 5.94. The number of hydrogen-bond donors (Lipinski definition) is 1. The summed E-state index contributed by atoms with van der Waals surface area (Å²) in [6.07, 6.45) is 1.37. The number of hydrogen-bond acceptors (Lipinski definition) is 4. The van der Waals surface area contributed by atoms with E-state index in [1.807, 2.05) is 37.9 Å². The van der Waals surface area contributed by atoms with Crippen LogP contribution in [0.15, 0.2) is 28.8 Å². The molecular formula is C14H16N2O3. The summed E-state index contributed by atoms with van der Waals surface area (Å²) in [7, 11) is 1.90. The molecule has 0 saturated carbocycles. The lowest BCUT2D eigenvalue weighted by Crippen LogP contribution is -2.19. The third kappa shape index (κ3) is 2.93. The summed E-state index contributed by atoms with van der Waals surface area (Å²) >= 11 is 0. The maximum absolute atomic E-state index is 10.9. The molecule has 0 saturated heterocycles. The van der Waals surface area contributed by atoms with E-state index < -0.39 is 5.97 Å². The van der Waals surface area contributed by atoms with Gasteiger partial charge in [-0.2, -0.15) is 0 Å². The SMILES string of the molecule is Cc1ccc(CN(C)c2ncc(C(=O)O)cc2C)o1. The van der Waals surface area contributed by atoms with Gasteiger partial charge in [0.15, 0.2) is 0 Å². The average molecular weight is 260 g/mol. The van der Waals surface area contributed by atoms with E-state index in [0.717, 1.165) is 22.9 Å². The molecular weight excluding hydrogens is 244 g/mol. The van der Waals surface area contributed by atoms with Crippen LogP contribution in [0, 0.1) is 13.8 Å². The lowest BCUT2D eigenvalue weighted by Gasteiger charge is -2.19. The van der Waals surface area contributed by atoms with Crippen molar-refractivity contribution in [2.45, 2.75) is 20.4 Å². The number of furan rings is 1. The van der Waals surface area contributed by atoms with Crippen molar-refractivity contribution in [2.24, 2.45) is 0 Å². The maximum Gasteiger partial charge on any atom is 0.337 e. The van der Waals surface area contributed by atoms with Crippen LogP contribution in [0.25, 0.3) is 0 Å². The molecule has 2 aromatic heterocycles. The summed E-state index contributed by atoms with van der Waals surface area (Å²) in [5.74, 6) is 1.50. The van der Waals surface area contributed by atoms with Gasteiger partial charge < -0.3 is 14.4 Å². The molecule has 0 aromatic carbocycles. The Morgan fingerprint density at radius 1 is 1.42 bits per heavy atom. The van der Waals surface area contributed by atoms with Crippen LogP contribution in [0.1, 0.15) is 27.4 Å². The van der Waals surface area contributed by atoms with Crippen molar-refractivity contribution in [2.75, 3.05) is 11.9 Å². The van der Waals surface area contributed by atoms with Crippen LogP contribution < -0.4 is 4.90 Å². The first-order valence-electron chi connectivity index (χ1n) is 5.94. The maximum atomic E-state index is 10.9. The van der Waals surface area contributed by atoms with Crippen molar-refractivity contribution in [1.82, 2.24) is 4.98 Å². The quantitative estimate of drug-likeness (QED) is 0.915. The van der Waals surface area contributed by atoms with Crippen LogP contribution in [0.3, 0.4) is 0 Å². The van der Waals surface area contributed by atoms with Gasteiger partial charge >= 0.3 is 5.97 Å². The zero-order chi connectivity index (χ0) is 14.0. The number of nitrogens with zero attached hydrogens (tertiary/aromatic N) is 2. The molecule has 19 heavy (non-hydrogen) atoms. The predicted molar refractivity (Wildman–Crippen MR) is 71.5 cm³/mol. The van der Waals surface area contributed by atoms with E-state index in [-0.39, 0.29) is 5.56 Å². The van der Waals surface area contributed by atoms with Crippen LogP contribution in [-0.4, -0.2) is 23.1 Å². The van der Waals surface area contributed by atoms with E-state index in [1.165, 1.54) is 6.20 Å². The Kier molecular flexibility index (Phi) is 3.55. The molecule has 0 amide bonds. The normalized spacial score (nSPS) is 10.5. The van der Waals surface area contributed by atoms with Gasteiger partial charge in [0.25, 0.3) is 0 Å². The Hall–Kier alpha value is -2.30. The largest absolute Gasteiger partial charge is 0.478 e. The van der Waals surface area contributed by atoms with Gasteiger partial charge in [0.05, 0.1) is 12.1 Å². The molecule has 0 fully saturated rings. The van der Waals surface area contributed by atoms with Crippen LogP contribution in [-0.2, 0) is 6.54 Å². The van der Waals surface area contributed by atoms with Crippen molar-refractivity contribution in [3.05, 3.63) is 47.0 Å². The minimum absolute atomic E-state index is 0.198. The monoisotopic (exact) mass is 260 g/mol. The van der Waals surface area contributed by atoms with Crippen molar-refractivity contribution >= 4 is 11.8 Å². The molecule has 5 heteroatoms. The number of anilines is 1. The van der Waals surface area contributed by atoms with Gasteiger partial charge in [0.2, 0.25) is 0 Å². The first-order chi connectivity index (χ1) is 8.97. The topological polar surface area (TPSA) is 66.6 Å². The highest BCUT2D eigenvalue weighted by atomic mass is 16.4. The fourth-order valence-corrected chi connectivity index (χ4v) is 1.96. The van der Waals surface area contributed by atoms with Gasteiger partial charge in [-0.3, -0.25) is 0 Å². The van der Waals surface area contributed by atoms with Crippen molar-refractivity contribution in [3.63, 3.8) is 0 Å². The standard InChI is InChI=1S/C14H16N2O3/c1-9-6-11(14(17)18)7-15-13(9)16(3)8-12-5-4-10(2)19-12/h4-7H,8H2,1-3H3,(H,17,18). The van der Waals surface area contributed by atoms with Crippen molar-refractivity contribution < 1.29 is 14.3 Å². The summed E-state index contributed by atoms with van der Waals surface area (Å²) in [5.41, 5.74) is 1.02. The number of pyridine rings is 1. The highest BCUT2D eigenvalue weighted by Gasteiger charge is 2.12. The first kappa shape index (κ1) is 13.1.